The molecule has 1 saturated carbocycles. The molecule has 6 aliphatic rings. The summed E-state index contributed by atoms with van der Waals surface area (Å²) in [5.74, 6) is -0.661. The standard InChI is InChI=1S/C33H38O7/c1-17(2)8-9-21-27-20(11-12-30(4,5)38-27)25(35)24-26(36)22-14-19-15-23-31(6,7)40-32(29(19)37,13-10-18(3)16-34)33(22,23)39-28(21)24/h8,10-12,14,19,23,34-35H,9,13,15-16H2,1-7H3/t19-,23+,32+,33-/m1/s1. The molecule has 4 bridgehead atoms. The van der Waals surface area contributed by atoms with Gasteiger partial charge in [0.2, 0.25) is 0 Å². The molecule has 7 nitrogen and oxygen atoms in total. The number of aliphatic hydroxyl groups is 1. The lowest BCUT2D eigenvalue weighted by Crippen LogP contribution is -2.72. The van der Waals surface area contributed by atoms with Gasteiger partial charge in [-0.25, -0.2) is 0 Å². The summed E-state index contributed by atoms with van der Waals surface area (Å²) < 4.78 is 20.2. The number of hydrogen-bond donors (Lipinski definition) is 2. The summed E-state index contributed by atoms with van der Waals surface area (Å²) in [5, 5.41) is 21.3. The summed E-state index contributed by atoms with van der Waals surface area (Å²) in [7, 11) is 0. The molecule has 0 amide bonds. The molecule has 0 unspecified atom stereocenters. The molecular weight excluding hydrogens is 508 g/mol. The molecule has 3 aliphatic carbocycles. The van der Waals surface area contributed by atoms with Crippen molar-refractivity contribution in [3.8, 4) is 17.2 Å². The van der Waals surface area contributed by atoms with Gasteiger partial charge in [-0.2, -0.15) is 0 Å². The average molecular weight is 547 g/mol. The van der Waals surface area contributed by atoms with Gasteiger partial charge in [0.05, 0.1) is 17.8 Å². The first-order chi connectivity index (χ1) is 18.7. The van der Waals surface area contributed by atoms with Crippen LogP contribution in [0.1, 0.15) is 82.8 Å². The number of carbonyl (C=O) groups is 2. The highest BCUT2D eigenvalue weighted by Gasteiger charge is 2.81. The molecule has 212 valence electrons. The molecular formula is C33H38O7. The Morgan fingerprint density at radius 2 is 1.80 bits per heavy atom. The van der Waals surface area contributed by atoms with E-state index >= 15 is 0 Å². The van der Waals surface area contributed by atoms with E-state index in [-0.39, 0.29) is 47.6 Å². The smallest absolute Gasteiger partial charge is 0.200 e. The first kappa shape index (κ1) is 27.0. The maximum absolute atomic E-state index is 14.5. The topological polar surface area (TPSA) is 102 Å². The van der Waals surface area contributed by atoms with Crippen LogP contribution in [-0.4, -0.2) is 50.8 Å². The highest BCUT2D eigenvalue weighted by Crippen LogP contribution is 2.68. The second kappa shape index (κ2) is 8.43. The van der Waals surface area contributed by atoms with Gasteiger partial charge in [-0.15, -0.1) is 0 Å². The lowest BCUT2D eigenvalue weighted by molar-refractivity contribution is -0.171. The van der Waals surface area contributed by atoms with E-state index in [1.54, 1.807) is 13.0 Å². The minimum atomic E-state index is -1.45. The number of phenols is 1. The van der Waals surface area contributed by atoms with Crippen LogP contribution in [0.2, 0.25) is 0 Å². The van der Waals surface area contributed by atoms with Gasteiger partial charge in [0.1, 0.15) is 28.4 Å². The quantitative estimate of drug-likeness (QED) is 0.476. The molecule has 4 atom stereocenters. The number of hydrogen-bond acceptors (Lipinski definition) is 7. The molecule has 1 aromatic carbocycles. The number of rotatable bonds is 5. The van der Waals surface area contributed by atoms with E-state index in [2.05, 4.69) is 0 Å². The number of ether oxygens (including phenoxy) is 3. The van der Waals surface area contributed by atoms with E-state index in [0.717, 1.165) is 5.57 Å². The molecule has 1 aromatic rings. The normalized spacial score (nSPS) is 32.0. The Labute approximate surface area is 235 Å². The Bertz CT molecular complexity index is 1480. The third-order valence-electron chi connectivity index (χ3n) is 9.32. The molecule has 3 aliphatic heterocycles. The van der Waals surface area contributed by atoms with Crippen LogP contribution in [0.5, 0.6) is 17.2 Å². The summed E-state index contributed by atoms with van der Waals surface area (Å²) in [5.41, 5.74) is -0.823. The number of aliphatic hydroxyl groups excluding tert-OH is 1. The third kappa shape index (κ3) is 3.37. The van der Waals surface area contributed by atoms with E-state index in [0.29, 0.717) is 40.9 Å². The minimum Gasteiger partial charge on any atom is -0.506 e. The maximum Gasteiger partial charge on any atom is 0.200 e. The van der Waals surface area contributed by atoms with E-state index in [4.69, 9.17) is 14.2 Å². The maximum atomic E-state index is 14.5. The minimum absolute atomic E-state index is 0.107. The Morgan fingerprint density at radius 1 is 1.07 bits per heavy atom. The van der Waals surface area contributed by atoms with E-state index < -0.39 is 28.3 Å². The molecule has 3 heterocycles. The van der Waals surface area contributed by atoms with Gasteiger partial charge in [0.25, 0.3) is 0 Å². The zero-order chi connectivity index (χ0) is 29.0. The van der Waals surface area contributed by atoms with Crippen molar-refractivity contribution in [3.05, 3.63) is 57.7 Å². The summed E-state index contributed by atoms with van der Waals surface area (Å²) in [6.45, 7) is 13.4. The van der Waals surface area contributed by atoms with Crippen LogP contribution in [-0.2, 0) is 16.0 Å². The first-order valence-electron chi connectivity index (χ1n) is 14.1. The second-order valence-electron chi connectivity index (χ2n) is 13.2. The number of allylic oxidation sites excluding steroid dienone is 3. The first-order valence-corrected chi connectivity index (χ1v) is 14.1. The Balaban J connectivity index is 1.66. The van der Waals surface area contributed by atoms with Crippen molar-refractivity contribution in [3.63, 3.8) is 0 Å². The predicted molar refractivity (Wildman–Crippen MR) is 151 cm³/mol. The molecule has 0 aromatic heterocycles. The van der Waals surface area contributed by atoms with Crippen LogP contribution >= 0.6 is 0 Å². The van der Waals surface area contributed by atoms with E-state index in [1.165, 1.54) is 0 Å². The molecule has 1 saturated heterocycles. The van der Waals surface area contributed by atoms with Gasteiger partial charge >= 0.3 is 0 Å². The number of Topliss-reactive ketones (excluding diaryl/α,β-unsaturated/α-hetero) is 2. The van der Waals surface area contributed by atoms with E-state index in [9.17, 15) is 19.8 Å². The largest absolute Gasteiger partial charge is 0.506 e. The highest BCUT2D eigenvalue weighted by atomic mass is 16.6. The molecule has 2 N–H and O–H groups in total. The summed E-state index contributed by atoms with van der Waals surface area (Å²) in [4.78, 5) is 28.7. The number of ketones is 2. The molecule has 2 fully saturated rings. The van der Waals surface area contributed by atoms with Crippen LogP contribution in [0.4, 0.5) is 0 Å². The fourth-order valence-electron chi connectivity index (χ4n) is 7.44. The number of fused-ring (bicyclic) bond motifs is 2. The number of phenolic OH excluding ortho intramolecular Hbond substituents is 1. The molecule has 7 rings (SSSR count). The summed E-state index contributed by atoms with van der Waals surface area (Å²) in [6.07, 6.45) is 10.4. The average Bonchev–Trinajstić information content (AvgIpc) is 3.03. The van der Waals surface area contributed by atoms with Crippen LogP contribution in [0.25, 0.3) is 6.08 Å². The van der Waals surface area contributed by atoms with Crippen molar-refractivity contribution in [2.75, 3.05) is 6.61 Å². The number of carbonyl (C=O) groups excluding carboxylic acids is 2. The van der Waals surface area contributed by atoms with Crippen LogP contribution < -0.4 is 9.47 Å². The summed E-state index contributed by atoms with van der Waals surface area (Å²) >= 11 is 0. The van der Waals surface area contributed by atoms with E-state index in [1.807, 2.05) is 65.8 Å². The third-order valence-corrected chi connectivity index (χ3v) is 9.32. The van der Waals surface area contributed by atoms with Gasteiger partial charge in [0.15, 0.2) is 22.8 Å². The van der Waals surface area contributed by atoms with Crippen molar-refractivity contribution in [2.45, 2.75) is 90.1 Å². The Hall–Kier alpha value is -3.16. The monoisotopic (exact) mass is 546 g/mol. The second-order valence-corrected chi connectivity index (χ2v) is 13.2. The predicted octanol–water partition coefficient (Wildman–Crippen LogP) is 5.42. The van der Waals surface area contributed by atoms with Gasteiger partial charge in [-0.1, -0.05) is 29.4 Å². The fraction of sp³-hybridized carbons (Fsp3) is 0.515. The SMILES string of the molecule is CC(C)=CCc1c2c(c(O)c3c1O[C@]14C(=C[C@@H]5C[C@H]1C(C)(C)O[C@@]4(CC=C(C)CO)C5=O)C3=O)C=CC(C)(C)O2. The van der Waals surface area contributed by atoms with Crippen molar-refractivity contribution in [1.82, 2.24) is 0 Å². The van der Waals surface area contributed by atoms with Gasteiger partial charge in [-0.3, -0.25) is 9.59 Å². The Kier molecular flexibility index (Phi) is 5.70. The molecule has 1 spiro atoms. The van der Waals surface area contributed by atoms with Crippen LogP contribution in [0.3, 0.4) is 0 Å². The lowest BCUT2D eigenvalue weighted by atomic mass is 9.51. The number of aromatic hydroxyl groups is 1. The van der Waals surface area contributed by atoms with Crippen LogP contribution in [0, 0.1) is 11.8 Å². The molecule has 40 heavy (non-hydrogen) atoms. The van der Waals surface area contributed by atoms with Crippen molar-refractivity contribution in [1.29, 1.82) is 0 Å². The van der Waals surface area contributed by atoms with Gasteiger partial charge in [0, 0.05) is 29.4 Å². The zero-order valence-corrected chi connectivity index (χ0v) is 24.3. The summed E-state index contributed by atoms with van der Waals surface area (Å²) in [6, 6.07) is 0. The van der Waals surface area contributed by atoms with Crippen LogP contribution in [0.15, 0.2) is 41.0 Å². The lowest BCUT2D eigenvalue weighted by Gasteiger charge is -2.56. The molecule has 0 radical (unpaired) electrons. The van der Waals surface area contributed by atoms with Gasteiger partial charge in [-0.05, 0) is 73.5 Å². The molecule has 7 heteroatoms. The van der Waals surface area contributed by atoms with Gasteiger partial charge < -0.3 is 24.4 Å². The fourth-order valence-corrected chi connectivity index (χ4v) is 7.44. The van der Waals surface area contributed by atoms with Crippen molar-refractivity contribution >= 4 is 17.6 Å². The highest BCUT2D eigenvalue weighted by molar-refractivity contribution is 6.19. The van der Waals surface area contributed by atoms with Crippen molar-refractivity contribution in [2.24, 2.45) is 11.8 Å². The zero-order valence-electron chi connectivity index (χ0n) is 24.3. The Morgan fingerprint density at radius 3 is 2.48 bits per heavy atom. The number of benzene rings is 1. The van der Waals surface area contributed by atoms with Crippen molar-refractivity contribution < 1.29 is 34.0 Å².